The van der Waals surface area contributed by atoms with E-state index in [1.165, 1.54) is 30.4 Å². The van der Waals surface area contributed by atoms with E-state index in [0.717, 1.165) is 12.2 Å². The lowest BCUT2D eigenvalue weighted by Crippen LogP contribution is -2.05. The van der Waals surface area contributed by atoms with Crippen LogP contribution in [-0.4, -0.2) is 6.10 Å². The van der Waals surface area contributed by atoms with Gasteiger partial charge < -0.3 is 4.74 Å². The van der Waals surface area contributed by atoms with Crippen molar-refractivity contribution >= 4 is 0 Å². The molecule has 1 nitrogen and oxygen atoms in total. The van der Waals surface area contributed by atoms with Gasteiger partial charge in [0.15, 0.2) is 0 Å². The average Bonchev–Trinajstić information content (AvgIpc) is 3.10. The number of aryl methyl sites for hydroxylation is 1. The number of hydrogen-bond acceptors (Lipinski definition) is 1. The first kappa shape index (κ1) is 13.1. The molecule has 16 heavy (non-hydrogen) atoms. The van der Waals surface area contributed by atoms with Crippen LogP contribution in [0, 0.1) is 6.92 Å². The minimum Gasteiger partial charge on any atom is -0.490 e. The van der Waals surface area contributed by atoms with Gasteiger partial charge in [0.2, 0.25) is 0 Å². The minimum absolute atomic E-state index is 0.367. The lowest BCUT2D eigenvalue weighted by atomic mass is 10.1. The lowest BCUT2D eigenvalue weighted by Gasteiger charge is -2.01. The van der Waals surface area contributed by atoms with Gasteiger partial charge in [-0.05, 0) is 25.5 Å². The predicted octanol–water partition coefficient (Wildman–Crippen LogP) is 4.51. The van der Waals surface area contributed by atoms with E-state index >= 15 is 0 Å². The van der Waals surface area contributed by atoms with Crippen LogP contribution in [0.25, 0.3) is 0 Å². The highest BCUT2D eigenvalue weighted by Crippen LogP contribution is 2.28. The second-order valence-electron chi connectivity index (χ2n) is 4.30. The minimum atomic E-state index is 0.367. The zero-order valence-electron chi connectivity index (χ0n) is 11.0. The first-order valence-electron chi connectivity index (χ1n) is 6.52. The normalized spacial score (nSPS) is 19.4. The molecule has 0 spiro atoms. The van der Waals surface area contributed by atoms with Crippen LogP contribution < -0.4 is 4.74 Å². The average molecular weight is 220 g/mol. The van der Waals surface area contributed by atoms with Gasteiger partial charge in [-0.25, -0.2) is 0 Å². The highest BCUT2D eigenvalue weighted by molar-refractivity contribution is 5.40. The van der Waals surface area contributed by atoms with E-state index in [1.807, 2.05) is 13.8 Å². The van der Waals surface area contributed by atoms with Crippen molar-refractivity contribution in [2.75, 3.05) is 0 Å². The monoisotopic (exact) mass is 220 g/mol. The third kappa shape index (κ3) is 4.26. The molecule has 1 unspecified atom stereocenters. The van der Waals surface area contributed by atoms with E-state index in [1.54, 1.807) is 0 Å². The van der Waals surface area contributed by atoms with E-state index in [2.05, 4.69) is 32.0 Å². The summed E-state index contributed by atoms with van der Waals surface area (Å²) in [4.78, 5) is 0. The fraction of sp³-hybridized carbons (Fsp3) is 0.600. The Kier molecular flexibility index (Phi) is 5.37. The first-order valence-corrected chi connectivity index (χ1v) is 6.52. The molecule has 1 fully saturated rings. The van der Waals surface area contributed by atoms with Crippen LogP contribution in [0.5, 0.6) is 5.75 Å². The Hall–Kier alpha value is -0.980. The van der Waals surface area contributed by atoms with Crippen molar-refractivity contribution in [2.45, 2.75) is 59.5 Å². The maximum absolute atomic E-state index is 5.56. The maximum Gasteiger partial charge on any atom is 0.123 e. The number of ether oxygens (including phenoxy) is 1. The predicted molar refractivity (Wildman–Crippen MR) is 70.2 cm³/mol. The third-order valence-corrected chi connectivity index (χ3v) is 2.41. The molecule has 1 aromatic carbocycles. The molecule has 1 aliphatic heterocycles. The van der Waals surface area contributed by atoms with Crippen molar-refractivity contribution in [3.05, 3.63) is 29.3 Å². The summed E-state index contributed by atoms with van der Waals surface area (Å²) in [6.07, 6.45) is 5.93. The smallest absolute Gasteiger partial charge is 0.123 e. The molecule has 3 rings (SSSR count). The van der Waals surface area contributed by atoms with Crippen LogP contribution in [0.4, 0.5) is 0 Å². The Balaban J connectivity index is 0.000000216. The molecule has 0 saturated heterocycles. The summed E-state index contributed by atoms with van der Waals surface area (Å²) in [6, 6.07) is 6.36. The van der Waals surface area contributed by atoms with Crippen molar-refractivity contribution in [1.29, 1.82) is 0 Å². The fourth-order valence-electron chi connectivity index (χ4n) is 1.55. The van der Waals surface area contributed by atoms with E-state index < -0.39 is 0 Å². The molecule has 0 aromatic heterocycles. The molecule has 0 bridgehead atoms. The second kappa shape index (κ2) is 6.57. The van der Waals surface area contributed by atoms with Gasteiger partial charge >= 0.3 is 0 Å². The van der Waals surface area contributed by atoms with Gasteiger partial charge in [-0.15, -0.1) is 0 Å². The quantitative estimate of drug-likeness (QED) is 0.625. The maximum atomic E-state index is 5.56. The summed E-state index contributed by atoms with van der Waals surface area (Å²) in [5.74, 6) is 1.07. The topological polar surface area (TPSA) is 9.23 Å². The van der Waals surface area contributed by atoms with Crippen LogP contribution in [0.15, 0.2) is 18.2 Å². The summed E-state index contributed by atoms with van der Waals surface area (Å²) in [6.45, 7) is 8.22. The second-order valence-corrected chi connectivity index (χ2v) is 4.30. The van der Waals surface area contributed by atoms with Crippen LogP contribution in [0.3, 0.4) is 0 Å². The Morgan fingerprint density at radius 3 is 2.31 bits per heavy atom. The van der Waals surface area contributed by atoms with Gasteiger partial charge in [0.05, 0.1) is 0 Å². The van der Waals surface area contributed by atoms with Gasteiger partial charge in [0, 0.05) is 6.42 Å². The molecular formula is C15H24O. The van der Waals surface area contributed by atoms with Crippen molar-refractivity contribution in [3.8, 4) is 5.75 Å². The summed E-state index contributed by atoms with van der Waals surface area (Å²) < 4.78 is 5.56. The lowest BCUT2D eigenvalue weighted by molar-refractivity contribution is 0.254. The zero-order valence-corrected chi connectivity index (χ0v) is 11.0. The molecule has 1 heteroatoms. The van der Waals surface area contributed by atoms with Gasteiger partial charge in [0.1, 0.15) is 11.9 Å². The van der Waals surface area contributed by atoms with Crippen molar-refractivity contribution < 1.29 is 4.74 Å². The summed E-state index contributed by atoms with van der Waals surface area (Å²) in [7, 11) is 0. The summed E-state index contributed by atoms with van der Waals surface area (Å²) in [5, 5.41) is 0. The van der Waals surface area contributed by atoms with E-state index in [0.29, 0.717) is 6.10 Å². The molecule has 2 aliphatic rings. The number of benzene rings is 1. The molecule has 0 N–H and O–H groups in total. The number of rotatable bonds is 0. The number of fused-ring (bicyclic) bond motifs is 1. The Morgan fingerprint density at radius 2 is 1.75 bits per heavy atom. The van der Waals surface area contributed by atoms with Crippen molar-refractivity contribution in [2.24, 2.45) is 0 Å². The molecular weight excluding hydrogens is 196 g/mol. The Morgan fingerprint density at radius 1 is 1.12 bits per heavy atom. The molecule has 0 radical (unpaired) electrons. The van der Waals surface area contributed by atoms with Crippen LogP contribution >= 0.6 is 0 Å². The highest BCUT2D eigenvalue weighted by atomic mass is 16.5. The molecule has 1 saturated carbocycles. The van der Waals surface area contributed by atoms with Crippen molar-refractivity contribution in [1.82, 2.24) is 0 Å². The van der Waals surface area contributed by atoms with E-state index in [9.17, 15) is 0 Å². The molecule has 1 atom stereocenters. The number of hydrogen-bond donors (Lipinski definition) is 0. The largest absolute Gasteiger partial charge is 0.490 e. The zero-order chi connectivity index (χ0) is 12.0. The van der Waals surface area contributed by atoms with Crippen molar-refractivity contribution in [3.63, 3.8) is 0 Å². The van der Waals surface area contributed by atoms with Gasteiger partial charge in [0.25, 0.3) is 0 Å². The first-order chi connectivity index (χ1) is 7.75. The molecule has 1 aliphatic carbocycles. The van der Waals surface area contributed by atoms with Crippen LogP contribution in [-0.2, 0) is 6.42 Å². The van der Waals surface area contributed by atoms with E-state index in [4.69, 9.17) is 4.74 Å². The van der Waals surface area contributed by atoms with Crippen LogP contribution in [0.1, 0.15) is 51.2 Å². The SMILES string of the molecule is C1CC1.CC.Cc1ccc2c(c1)CC(C)O2. The fourth-order valence-corrected chi connectivity index (χ4v) is 1.55. The third-order valence-electron chi connectivity index (χ3n) is 2.41. The Labute approximate surface area is 99.8 Å². The van der Waals surface area contributed by atoms with Gasteiger partial charge in [-0.2, -0.15) is 0 Å². The van der Waals surface area contributed by atoms with Gasteiger partial charge in [-0.1, -0.05) is 50.8 Å². The molecule has 0 amide bonds. The summed E-state index contributed by atoms with van der Waals surface area (Å²) in [5.41, 5.74) is 2.68. The molecule has 1 aromatic rings. The summed E-state index contributed by atoms with van der Waals surface area (Å²) >= 11 is 0. The molecule has 90 valence electrons. The molecule has 1 heterocycles. The van der Waals surface area contributed by atoms with Gasteiger partial charge in [-0.3, -0.25) is 0 Å². The highest BCUT2D eigenvalue weighted by Gasteiger charge is 2.17. The van der Waals surface area contributed by atoms with E-state index in [-0.39, 0.29) is 0 Å². The standard InChI is InChI=1S/C10H12O.C3H6.C2H6/c1-7-3-4-10-9(5-7)6-8(2)11-10;1-2-3-1;1-2/h3-5,8H,6H2,1-2H3;1-3H2;1-2H3. The van der Waals surface area contributed by atoms with Crippen LogP contribution in [0.2, 0.25) is 0 Å². The Bertz CT molecular complexity index is 312.